The Labute approximate surface area is 178 Å². The highest BCUT2D eigenvalue weighted by atomic mass is 32.1. The van der Waals surface area contributed by atoms with Crippen LogP contribution in [-0.4, -0.2) is 65.9 Å². The fourth-order valence-electron chi connectivity index (χ4n) is 5.40. The van der Waals surface area contributed by atoms with Gasteiger partial charge < -0.3 is 10.6 Å². The molecule has 0 spiro atoms. The normalized spacial score (nSPS) is 29.3. The molecule has 1 aromatic heterocycles. The van der Waals surface area contributed by atoms with Gasteiger partial charge in [-0.1, -0.05) is 25.3 Å². The second kappa shape index (κ2) is 9.58. The zero-order valence-corrected chi connectivity index (χ0v) is 18.3. The van der Waals surface area contributed by atoms with E-state index in [1.807, 2.05) is 17.5 Å². The Hall–Kier alpha value is -1.44. The van der Waals surface area contributed by atoms with Crippen molar-refractivity contribution < 1.29 is 9.59 Å². The van der Waals surface area contributed by atoms with Crippen LogP contribution in [0.1, 0.15) is 56.2 Å². The zero-order chi connectivity index (χ0) is 20.2. The SMILES string of the molecule is CN1C(CCC(=O)NCc2cccs2)CNC(=O)C2C1CCN2C1CCCCC1. The van der Waals surface area contributed by atoms with E-state index >= 15 is 0 Å². The van der Waals surface area contributed by atoms with Gasteiger partial charge in [0, 0.05) is 42.5 Å². The van der Waals surface area contributed by atoms with Crippen molar-refractivity contribution in [3.05, 3.63) is 22.4 Å². The van der Waals surface area contributed by atoms with Gasteiger partial charge in [0.15, 0.2) is 0 Å². The first kappa shape index (κ1) is 20.8. The first-order valence-electron chi connectivity index (χ1n) is 11.2. The van der Waals surface area contributed by atoms with Gasteiger partial charge in [-0.2, -0.15) is 0 Å². The molecule has 3 unspecified atom stereocenters. The van der Waals surface area contributed by atoms with E-state index in [1.54, 1.807) is 11.3 Å². The lowest BCUT2D eigenvalue weighted by Crippen LogP contribution is -2.53. The van der Waals surface area contributed by atoms with Crippen LogP contribution in [0.15, 0.2) is 17.5 Å². The van der Waals surface area contributed by atoms with Crippen LogP contribution in [0.4, 0.5) is 0 Å². The van der Waals surface area contributed by atoms with Gasteiger partial charge in [0.2, 0.25) is 11.8 Å². The van der Waals surface area contributed by atoms with Gasteiger partial charge in [-0.15, -0.1) is 11.3 Å². The van der Waals surface area contributed by atoms with Crippen LogP contribution in [0, 0.1) is 0 Å². The van der Waals surface area contributed by atoms with Gasteiger partial charge in [0.05, 0.1) is 6.54 Å². The van der Waals surface area contributed by atoms with Gasteiger partial charge in [0.1, 0.15) is 6.04 Å². The molecule has 3 aliphatic rings. The summed E-state index contributed by atoms with van der Waals surface area (Å²) in [4.78, 5) is 31.3. The summed E-state index contributed by atoms with van der Waals surface area (Å²) in [5.74, 6) is 0.281. The number of likely N-dealkylation sites (N-methyl/N-ethyl adjacent to an activating group) is 1. The molecule has 29 heavy (non-hydrogen) atoms. The molecule has 0 radical (unpaired) electrons. The average molecular weight is 419 g/mol. The Bertz CT molecular complexity index is 689. The highest BCUT2D eigenvalue weighted by Gasteiger charge is 2.47. The van der Waals surface area contributed by atoms with E-state index in [1.165, 1.54) is 37.0 Å². The lowest BCUT2D eigenvalue weighted by atomic mass is 9.93. The molecule has 4 rings (SSSR count). The number of amides is 2. The predicted molar refractivity (Wildman–Crippen MR) is 116 cm³/mol. The topological polar surface area (TPSA) is 64.7 Å². The molecule has 1 saturated carbocycles. The molecule has 1 aromatic rings. The van der Waals surface area contributed by atoms with E-state index in [2.05, 4.69) is 27.5 Å². The molecule has 3 heterocycles. The van der Waals surface area contributed by atoms with Crippen LogP contribution in [0.5, 0.6) is 0 Å². The molecule has 160 valence electrons. The molecule has 0 bridgehead atoms. The van der Waals surface area contributed by atoms with E-state index in [0.717, 1.165) is 19.4 Å². The summed E-state index contributed by atoms with van der Waals surface area (Å²) in [6.45, 7) is 2.26. The summed E-state index contributed by atoms with van der Waals surface area (Å²) < 4.78 is 0. The van der Waals surface area contributed by atoms with Crippen LogP contribution < -0.4 is 10.6 Å². The van der Waals surface area contributed by atoms with Crippen molar-refractivity contribution in [2.75, 3.05) is 20.1 Å². The number of likely N-dealkylation sites (tertiary alicyclic amines) is 1. The quantitative estimate of drug-likeness (QED) is 0.744. The third kappa shape index (κ3) is 4.84. The van der Waals surface area contributed by atoms with Crippen molar-refractivity contribution in [1.82, 2.24) is 20.4 Å². The standard InChI is InChI=1S/C22H34N4O2S/c1-25-17(9-10-20(27)23-15-18-8-5-13-29-18)14-24-22(28)21-19(25)11-12-26(21)16-6-3-2-4-7-16/h5,8,13,16-17,19,21H,2-4,6-7,9-12,14-15H2,1H3,(H,23,27)(H,24,28). The second-order valence-corrected chi connectivity index (χ2v) is 9.82. The number of carbonyl (C=O) groups excluding carboxylic acids is 2. The summed E-state index contributed by atoms with van der Waals surface area (Å²) >= 11 is 1.66. The van der Waals surface area contributed by atoms with Crippen molar-refractivity contribution >= 4 is 23.2 Å². The van der Waals surface area contributed by atoms with Crippen molar-refractivity contribution in [2.24, 2.45) is 0 Å². The number of nitrogens with zero attached hydrogens (tertiary/aromatic N) is 2. The summed E-state index contributed by atoms with van der Waals surface area (Å²) in [6.07, 6.45) is 8.70. The third-order valence-electron chi connectivity index (χ3n) is 7.07. The summed E-state index contributed by atoms with van der Waals surface area (Å²) in [5, 5.41) is 8.24. The molecule has 3 fully saturated rings. The fraction of sp³-hybridized carbons (Fsp3) is 0.727. The maximum Gasteiger partial charge on any atom is 0.239 e. The lowest BCUT2D eigenvalue weighted by molar-refractivity contribution is -0.127. The van der Waals surface area contributed by atoms with Crippen LogP contribution in [0.25, 0.3) is 0 Å². The fourth-order valence-corrected chi connectivity index (χ4v) is 6.05. The minimum absolute atomic E-state index is 0.0271. The molecule has 2 aliphatic heterocycles. The maximum absolute atomic E-state index is 13.0. The Morgan fingerprint density at radius 3 is 2.86 bits per heavy atom. The Morgan fingerprint density at radius 2 is 2.10 bits per heavy atom. The van der Waals surface area contributed by atoms with Crippen LogP contribution in [-0.2, 0) is 16.1 Å². The van der Waals surface area contributed by atoms with Crippen molar-refractivity contribution in [2.45, 2.75) is 82.1 Å². The van der Waals surface area contributed by atoms with Gasteiger partial charge in [-0.05, 0) is 44.2 Å². The largest absolute Gasteiger partial charge is 0.353 e. The summed E-state index contributed by atoms with van der Waals surface area (Å²) in [7, 11) is 2.15. The average Bonchev–Trinajstić information content (AvgIpc) is 3.40. The Morgan fingerprint density at radius 1 is 1.28 bits per heavy atom. The number of thiophene rings is 1. The highest BCUT2D eigenvalue weighted by molar-refractivity contribution is 7.09. The number of rotatable bonds is 6. The Balaban J connectivity index is 1.32. The van der Waals surface area contributed by atoms with E-state index in [4.69, 9.17) is 0 Å². The molecule has 1 aliphatic carbocycles. The molecule has 0 aromatic carbocycles. The number of hydrogen-bond donors (Lipinski definition) is 2. The van der Waals surface area contributed by atoms with Gasteiger partial charge in [-0.25, -0.2) is 0 Å². The lowest BCUT2D eigenvalue weighted by Gasteiger charge is -2.37. The highest BCUT2D eigenvalue weighted by Crippen LogP contribution is 2.33. The summed E-state index contributed by atoms with van der Waals surface area (Å²) in [6, 6.07) is 5.06. The minimum Gasteiger partial charge on any atom is -0.353 e. The van der Waals surface area contributed by atoms with Crippen molar-refractivity contribution in [1.29, 1.82) is 0 Å². The van der Waals surface area contributed by atoms with E-state index in [0.29, 0.717) is 25.6 Å². The third-order valence-corrected chi connectivity index (χ3v) is 7.95. The van der Waals surface area contributed by atoms with E-state index < -0.39 is 0 Å². The number of nitrogens with one attached hydrogen (secondary N) is 2. The molecule has 2 saturated heterocycles. The first-order chi connectivity index (χ1) is 14.1. The second-order valence-electron chi connectivity index (χ2n) is 8.79. The zero-order valence-electron chi connectivity index (χ0n) is 17.4. The smallest absolute Gasteiger partial charge is 0.239 e. The van der Waals surface area contributed by atoms with Crippen molar-refractivity contribution in [3.63, 3.8) is 0 Å². The van der Waals surface area contributed by atoms with Crippen molar-refractivity contribution in [3.8, 4) is 0 Å². The van der Waals surface area contributed by atoms with E-state index in [9.17, 15) is 9.59 Å². The molecule has 2 N–H and O–H groups in total. The minimum atomic E-state index is -0.0271. The maximum atomic E-state index is 13.0. The molecular weight excluding hydrogens is 384 g/mol. The number of carbonyl (C=O) groups is 2. The molecule has 7 heteroatoms. The van der Waals surface area contributed by atoms with Crippen LogP contribution >= 0.6 is 11.3 Å². The molecule has 2 amide bonds. The van der Waals surface area contributed by atoms with Gasteiger partial charge in [-0.3, -0.25) is 19.4 Å². The van der Waals surface area contributed by atoms with Crippen LogP contribution in [0.2, 0.25) is 0 Å². The number of hydrogen-bond acceptors (Lipinski definition) is 5. The van der Waals surface area contributed by atoms with Gasteiger partial charge in [0.25, 0.3) is 0 Å². The molecular formula is C22H34N4O2S. The first-order valence-corrected chi connectivity index (χ1v) is 12.1. The molecule has 3 atom stereocenters. The van der Waals surface area contributed by atoms with Crippen LogP contribution in [0.3, 0.4) is 0 Å². The summed E-state index contributed by atoms with van der Waals surface area (Å²) in [5.41, 5.74) is 0. The van der Waals surface area contributed by atoms with Gasteiger partial charge >= 0.3 is 0 Å². The predicted octanol–water partition coefficient (Wildman–Crippen LogP) is 2.35. The Kier molecular flexibility index (Phi) is 6.88. The molecule has 6 nitrogen and oxygen atoms in total. The van der Waals surface area contributed by atoms with E-state index in [-0.39, 0.29) is 29.9 Å². The number of fused-ring (bicyclic) bond motifs is 1. The monoisotopic (exact) mass is 418 g/mol.